The van der Waals surface area contributed by atoms with Crippen molar-refractivity contribution in [2.45, 2.75) is 26.3 Å². The molecule has 0 fully saturated rings. The summed E-state index contributed by atoms with van der Waals surface area (Å²) in [5.74, 6) is 0.455. The first-order chi connectivity index (χ1) is 8.58. The van der Waals surface area contributed by atoms with Crippen LogP contribution in [0.3, 0.4) is 0 Å². The lowest BCUT2D eigenvalue weighted by Gasteiger charge is -2.15. The van der Waals surface area contributed by atoms with Crippen molar-refractivity contribution < 1.29 is 14.6 Å². The third kappa shape index (κ3) is 4.01. The van der Waals surface area contributed by atoms with Gasteiger partial charge in [0.15, 0.2) is 0 Å². The summed E-state index contributed by atoms with van der Waals surface area (Å²) >= 11 is 0. The number of amides is 1. The zero-order chi connectivity index (χ0) is 13.5. The second-order valence-corrected chi connectivity index (χ2v) is 3.99. The minimum atomic E-state index is -0.252. The molecule has 0 bridgehead atoms. The number of nitrogens with one attached hydrogen (secondary N) is 1. The van der Waals surface area contributed by atoms with Gasteiger partial charge in [0, 0.05) is 19.6 Å². The Bertz CT molecular complexity index is 407. The molecule has 0 aromatic heterocycles. The molecular formula is C13H20N2O3. The third-order valence-electron chi connectivity index (χ3n) is 2.48. The molecule has 0 saturated carbocycles. The second kappa shape index (κ2) is 6.98. The van der Waals surface area contributed by atoms with Crippen molar-refractivity contribution in [1.82, 2.24) is 0 Å². The van der Waals surface area contributed by atoms with E-state index in [2.05, 4.69) is 5.32 Å². The molecule has 0 aliphatic rings. The predicted octanol–water partition coefficient (Wildman–Crippen LogP) is 1.43. The Morgan fingerprint density at radius 2 is 2.28 bits per heavy atom. The number of carbonyl (C=O) groups is 1. The van der Waals surface area contributed by atoms with E-state index in [1.54, 1.807) is 12.1 Å². The highest BCUT2D eigenvalue weighted by Crippen LogP contribution is 2.28. The number of carbonyl (C=O) groups excluding carboxylic acids is 1. The van der Waals surface area contributed by atoms with E-state index in [4.69, 9.17) is 15.6 Å². The van der Waals surface area contributed by atoms with Gasteiger partial charge in [0.25, 0.3) is 0 Å². The van der Waals surface area contributed by atoms with Crippen molar-refractivity contribution >= 4 is 11.6 Å². The van der Waals surface area contributed by atoms with Gasteiger partial charge in [0.2, 0.25) is 5.91 Å². The second-order valence-electron chi connectivity index (χ2n) is 3.99. The molecule has 0 aliphatic carbocycles. The number of nitrogens with two attached hydrogens (primary N) is 1. The molecule has 100 valence electrons. The molecule has 0 heterocycles. The van der Waals surface area contributed by atoms with E-state index in [1.807, 2.05) is 13.0 Å². The van der Waals surface area contributed by atoms with Crippen LogP contribution in [-0.2, 0) is 4.79 Å². The van der Waals surface area contributed by atoms with E-state index in [1.165, 1.54) is 6.92 Å². The molecule has 5 heteroatoms. The van der Waals surface area contributed by atoms with Gasteiger partial charge in [-0.15, -0.1) is 0 Å². The Morgan fingerprint density at radius 3 is 2.83 bits per heavy atom. The fraction of sp³-hybridized carbons (Fsp3) is 0.462. The van der Waals surface area contributed by atoms with Crippen LogP contribution < -0.4 is 15.8 Å². The van der Waals surface area contributed by atoms with Crippen LogP contribution in [0.5, 0.6) is 5.75 Å². The van der Waals surface area contributed by atoms with Crippen LogP contribution in [0.4, 0.5) is 5.69 Å². The fourth-order valence-corrected chi connectivity index (χ4v) is 1.65. The van der Waals surface area contributed by atoms with Crippen LogP contribution in [0.2, 0.25) is 0 Å². The molecule has 18 heavy (non-hydrogen) atoms. The summed E-state index contributed by atoms with van der Waals surface area (Å²) in [4.78, 5) is 11.1. The molecule has 1 unspecified atom stereocenters. The number of aliphatic hydroxyl groups excluding tert-OH is 1. The van der Waals surface area contributed by atoms with Gasteiger partial charge in [-0.25, -0.2) is 0 Å². The van der Waals surface area contributed by atoms with Crippen molar-refractivity contribution in [3.05, 3.63) is 23.8 Å². The van der Waals surface area contributed by atoms with E-state index in [-0.39, 0.29) is 18.6 Å². The Kier molecular flexibility index (Phi) is 5.61. The van der Waals surface area contributed by atoms with E-state index in [0.717, 1.165) is 5.56 Å². The summed E-state index contributed by atoms with van der Waals surface area (Å²) in [5, 5.41) is 11.6. The number of aliphatic hydroxyl groups is 1. The van der Waals surface area contributed by atoms with Crippen LogP contribution in [0.15, 0.2) is 18.2 Å². The largest absolute Gasteiger partial charge is 0.492 e. The van der Waals surface area contributed by atoms with Crippen molar-refractivity contribution in [2.75, 3.05) is 18.5 Å². The quantitative estimate of drug-likeness (QED) is 0.715. The number of ether oxygens (including phenoxy) is 1. The van der Waals surface area contributed by atoms with Crippen molar-refractivity contribution in [1.29, 1.82) is 0 Å². The molecule has 4 N–H and O–H groups in total. The molecule has 1 aromatic carbocycles. The minimum Gasteiger partial charge on any atom is -0.492 e. The molecule has 1 rings (SSSR count). The van der Waals surface area contributed by atoms with Gasteiger partial charge in [0.05, 0.1) is 12.3 Å². The standard InChI is InChI=1S/C13H20N2O3/c1-3-18-13-5-4-10(11(14)6-7-16)8-12(13)15-9(2)17/h4-5,8,11,16H,3,6-7,14H2,1-2H3,(H,15,17). The number of hydrogen-bond acceptors (Lipinski definition) is 4. The van der Waals surface area contributed by atoms with Crippen LogP contribution in [0, 0.1) is 0 Å². The Hall–Kier alpha value is -1.59. The van der Waals surface area contributed by atoms with Crippen molar-refractivity contribution in [3.63, 3.8) is 0 Å². The predicted molar refractivity (Wildman–Crippen MR) is 70.5 cm³/mol. The molecular weight excluding hydrogens is 232 g/mol. The topological polar surface area (TPSA) is 84.6 Å². The van der Waals surface area contributed by atoms with Gasteiger partial charge >= 0.3 is 0 Å². The van der Waals surface area contributed by atoms with Crippen molar-refractivity contribution in [2.24, 2.45) is 5.73 Å². The highest BCUT2D eigenvalue weighted by molar-refractivity contribution is 5.90. The third-order valence-corrected chi connectivity index (χ3v) is 2.48. The number of hydrogen-bond donors (Lipinski definition) is 3. The number of benzene rings is 1. The molecule has 1 atom stereocenters. The van der Waals surface area contributed by atoms with Crippen molar-refractivity contribution in [3.8, 4) is 5.75 Å². The number of anilines is 1. The maximum absolute atomic E-state index is 11.1. The molecule has 1 amide bonds. The van der Waals surface area contributed by atoms with Crippen LogP contribution in [0.1, 0.15) is 31.9 Å². The lowest BCUT2D eigenvalue weighted by molar-refractivity contribution is -0.114. The van der Waals surface area contributed by atoms with Gasteiger partial charge in [-0.3, -0.25) is 4.79 Å². The molecule has 1 aromatic rings. The summed E-state index contributed by atoms with van der Waals surface area (Å²) in [6, 6.07) is 5.16. The highest BCUT2D eigenvalue weighted by Gasteiger charge is 2.11. The fourth-order valence-electron chi connectivity index (χ4n) is 1.65. The van der Waals surface area contributed by atoms with Gasteiger partial charge in [0.1, 0.15) is 5.75 Å². The van der Waals surface area contributed by atoms with Crippen LogP contribution in [0.25, 0.3) is 0 Å². The Balaban J connectivity index is 2.99. The average molecular weight is 252 g/mol. The summed E-state index contributed by atoms with van der Waals surface area (Å²) in [6.07, 6.45) is 0.480. The lowest BCUT2D eigenvalue weighted by atomic mass is 10.0. The highest BCUT2D eigenvalue weighted by atomic mass is 16.5. The first-order valence-electron chi connectivity index (χ1n) is 5.99. The minimum absolute atomic E-state index is 0.0316. The monoisotopic (exact) mass is 252 g/mol. The maximum Gasteiger partial charge on any atom is 0.221 e. The first kappa shape index (κ1) is 14.5. The smallest absolute Gasteiger partial charge is 0.221 e. The summed E-state index contributed by atoms with van der Waals surface area (Å²) < 4.78 is 5.43. The zero-order valence-electron chi connectivity index (χ0n) is 10.8. The molecule has 0 aliphatic heterocycles. The molecule has 0 saturated heterocycles. The van der Waals surface area contributed by atoms with Crippen LogP contribution >= 0.6 is 0 Å². The molecule has 0 spiro atoms. The normalized spacial score (nSPS) is 12.0. The molecule has 5 nitrogen and oxygen atoms in total. The Morgan fingerprint density at radius 1 is 1.56 bits per heavy atom. The van der Waals surface area contributed by atoms with E-state index in [9.17, 15) is 4.79 Å². The SMILES string of the molecule is CCOc1ccc(C(N)CCO)cc1NC(C)=O. The number of rotatable bonds is 6. The summed E-state index contributed by atoms with van der Waals surface area (Å²) in [5.41, 5.74) is 7.38. The summed E-state index contributed by atoms with van der Waals surface area (Å²) in [7, 11) is 0. The maximum atomic E-state index is 11.1. The lowest BCUT2D eigenvalue weighted by Crippen LogP contribution is -2.14. The van der Waals surface area contributed by atoms with E-state index >= 15 is 0 Å². The average Bonchev–Trinajstić information content (AvgIpc) is 2.31. The van der Waals surface area contributed by atoms with Crippen LogP contribution in [-0.4, -0.2) is 24.2 Å². The Labute approximate surface area is 107 Å². The van der Waals surface area contributed by atoms with Gasteiger partial charge in [-0.1, -0.05) is 6.07 Å². The van der Waals surface area contributed by atoms with E-state index in [0.29, 0.717) is 24.5 Å². The van der Waals surface area contributed by atoms with Gasteiger partial charge in [-0.2, -0.15) is 0 Å². The molecule has 0 radical (unpaired) electrons. The van der Waals surface area contributed by atoms with Gasteiger partial charge in [-0.05, 0) is 31.0 Å². The summed E-state index contributed by atoms with van der Waals surface area (Å²) in [6.45, 7) is 3.87. The van der Waals surface area contributed by atoms with Gasteiger partial charge < -0.3 is 20.9 Å². The van der Waals surface area contributed by atoms with E-state index < -0.39 is 0 Å². The zero-order valence-corrected chi connectivity index (χ0v) is 10.8. The first-order valence-corrected chi connectivity index (χ1v) is 5.99.